The molecule has 1 aromatic carbocycles. The number of hydrogen-bond acceptors (Lipinski definition) is 6. The Morgan fingerprint density at radius 3 is 2.73 bits per heavy atom. The summed E-state index contributed by atoms with van der Waals surface area (Å²) in [5.74, 6) is 2.62. The largest absolute Gasteiger partial charge is 0.490 e. The molecule has 1 aliphatic rings. The van der Waals surface area contributed by atoms with E-state index in [1.165, 1.54) is 0 Å². The van der Waals surface area contributed by atoms with Gasteiger partial charge in [0.25, 0.3) is 0 Å². The molecule has 1 aromatic heterocycles. The Morgan fingerprint density at radius 1 is 1.18 bits per heavy atom. The number of aromatic nitrogens is 1. The summed E-state index contributed by atoms with van der Waals surface area (Å²) < 4.78 is 22.7. The summed E-state index contributed by atoms with van der Waals surface area (Å²) >= 11 is 0. The lowest BCUT2D eigenvalue weighted by Gasteiger charge is -2.13. The third-order valence-electron chi connectivity index (χ3n) is 4.93. The molecule has 0 saturated carbocycles. The fourth-order valence-corrected chi connectivity index (χ4v) is 3.28. The van der Waals surface area contributed by atoms with Crippen LogP contribution in [-0.2, 0) is 16.0 Å². The Hall–Kier alpha value is -2.11. The van der Waals surface area contributed by atoms with Crippen LogP contribution in [0.4, 0.5) is 0 Å². The fraction of sp³-hybridized carbons (Fsp3) is 0.500. The second-order valence-electron chi connectivity index (χ2n) is 7.40. The van der Waals surface area contributed by atoms with Gasteiger partial charge in [-0.25, -0.2) is 4.98 Å². The van der Waals surface area contributed by atoms with Gasteiger partial charge in [-0.05, 0) is 43.9 Å². The molecule has 1 fully saturated rings. The van der Waals surface area contributed by atoms with Crippen LogP contribution in [0.25, 0.3) is 0 Å². The van der Waals surface area contributed by atoms with Crippen molar-refractivity contribution in [3.63, 3.8) is 0 Å². The number of para-hydroxylation sites is 2. The molecule has 0 bridgehead atoms. The molecule has 0 aliphatic carbocycles. The molecule has 1 saturated heterocycles. The molecule has 182 valence electrons. The predicted octanol–water partition coefficient (Wildman–Crippen LogP) is 4.14. The van der Waals surface area contributed by atoms with E-state index in [2.05, 4.69) is 20.6 Å². The molecule has 0 amide bonds. The van der Waals surface area contributed by atoms with Crippen LogP contribution in [0.3, 0.4) is 0 Å². The van der Waals surface area contributed by atoms with Gasteiger partial charge in [0.2, 0.25) is 5.88 Å². The molecule has 1 atom stereocenters. The molecule has 1 unspecified atom stereocenters. The molecule has 2 aromatic rings. The van der Waals surface area contributed by atoms with Crippen molar-refractivity contribution in [1.82, 2.24) is 15.6 Å². The van der Waals surface area contributed by atoms with Crippen molar-refractivity contribution in [2.45, 2.75) is 38.8 Å². The zero-order chi connectivity index (χ0) is 22.4. The van der Waals surface area contributed by atoms with Gasteiger partial charge in [0.15, 0.2) is 17.5 Å². The van der Waals surface area contributed by atoms with Crippen LogP contribution in [0.1, 0.15) is 31.7 Å². The first-order valence-electron chi connectivity index (χ1n) is 11.3. The Labute approximate surface area is 213 Å². The second kappa shape index (κ2) is 15.7. The van der Waals surface area contributed by atoms with E-state index in [0.717, 1.165) is 43.9 Å². The molecule has 2 N–H and O–H groups in total. The minimum atomic E-state index is 0. The van der Waals surface area contributed by atoms with Crippen LogP contribution < -0.4 is 20.1 Å². The zero-order valence-electron chi connectivity index (χ0n) is 19.4. The SMILES string of the molecule is CCOc1ccccc1Oc1ccc(CNC(=NC)NCCCOCC2CCCO2)cn1.I. The standard InChI is InChI=1S/C24H34N4O4.HI/c1-3-30-21-9-4-5-10-22(21)32-23-12-11-19(16-27-23)17-28-24(25-2)26-13-7-14-29-18-20-8-6-15-31-20;/h4-5,9-12,16,20H,3,6-8,13-15,17-18H2,1-2H3,(H2,25,26,28);1H. The van der Waals surface area contributed by atoms with E-state index in [1.54, 1.807) is 13.2 Å². The van der Waals surface area contributed by atoms with Crippen molar-refractivity contribution < 1.29 is 18.9 Å². The number of pyridine rings is 1. The van der Waals surface area contributed by atoms with Crippen molar-refractivity contribution in [3.05, 3.63) is 48.2 Å². The highest BCUT2D eigenvalue weighted by atomic mass is 127. The van der Waals surface area contributed by atoms with E-state index in [9.17, 15) is 0 Å². The molecule has 0 radical (unpaired) electrons. The van der Waals surface area contributed by atoms with Crippen molar-refractivity contribution >= 4 is 29.9 Å². The molecule has 9 heteroatoms. The summed E-state index contributed by atoms with van der Waals surface area (Å²) in [6, 6.07) is 11.4. The normalized spacial score (nSPS) is 15.6. The smallest absolute Gasteiger partial charge is 0.219 e. The van der Waals surface area contributed by atoms with Gasteiger partial charge in [0.1, 0.15) is 0 Å². The van der Waals surface area contributed by atoms with Crippen molar-refractivity contribution in [2.24, 2.45) is 4.99 Å². The topological polar surface area (TPSA) is 86.2 Å². The van der Waals surface area contributed by atoms with Crippen LogP contribution in [-0.4, -0.2) is 57.1 Å². The molecule has 3 rings (SSSR count). The van der Waals surface area contributed by atoms with Gasteiger partial charge in [-0.3, -0.25) is 4.99 Å². The highest BCUT2D eigenvalue weighted by molar-refractivity contribution is 14.0. The lowest BCUT2D eigenvalue weighted by molar-refractivity contribution is 0.0168. The lowest BCUT2D eigenvalue weighted by Crippen LogP contribution is -2.37. The molecule has 2 heterocycles. The monoisotopic (exact) mass is 570 g/mol. The number of nitrogens with zero attached hydrogens (tertiary/aromatic N) is 2. The van der Waals surface area contributed by atoms with Crippen LogP contribution in [0.15, 0.2) is 47.6 Å². The number of hydrogen-bond donors (Lipinski definition) is 2. The number of nitrogens with one attached hydrogen (secondary N) is 2. The first-order chi connectivity index (χ1) is 15.8. The molecular formula is C24H35IN4O4. The fourth-order valence-electron chi connectivity index (χ4n) is 3.28. The second-order valence-corrected chi connectivity index (χ2v) is 7.40. The van der Waals surface area contributed by atoms with Crippen LogP contribution in [0.2, 0.25) is 0 Å². The number of guanidine groups is 1. The molecule has 0 spiro atoms. The maximum atomic E-state index is 5.87. The summed E-state index contributed by atoms with van der Waals surface area (Å²) in [6.45, 7) is 6.19. The molecule has 33 heavy (non-hydrogen) atoms. The lowest BCUT2D eigenvalue weighted by atomic mass is 10.2. The van der Waals surface area contributed by atoms with Gasteiger partial charge >= 0.3 is 0 Å². The first-order valence-corrected chi connectivity index (χ1v) is 11.3. The Kier molecular flexibility index (Phi) is 12.9. The summed E-state index contributed by atoms with van der Waals surface area (Å²) in [7, 11) is 1.76. The number of ether oxygens (including phenoxy) is 4. The summed E-state index contributed by atoms with van der Waals surface area (Å²) in [5.41, 5.74) is 1.03. The van der Waals surface area contributed by atoms with Gasteiger partial charge < -0.3 is 29.6 Å². The number of benzene rings is 1. The van der Waals surface area contributed by atoms with Gasteiger partial charge in [0.05, 0.1) is 19.3 Å². The van der Waals surface area contributed by atoms with Crippen LogP contribution in [0.5, 0.6) is 17.4 Å². The summed E-state index contributed by atoms with van der Waals surface area (Å²) in [5, 5.41) is 6.59. The van der Waals surface area contributed by atoms with Crippen LogP contribution in [0, 0.1) is 0 Å². The number of halogens is 1. The highest BCUT2D eigenvalue weighted by Crippen LogP contribution is 2.30. The third-order valence-corrected chi connectivity index (χ3v) is 4.93. The van der Waals surface area contributed by atoms with Crippen molar-refractivity contribution in [2.75, 3.05) is 40.0 Å². The zero-order valence-corrected chi connectivity index (χ0v) is 21.7. The third kappa shape index (κ3) is 9.73. The van der Waals surface area contributed by atoms with E-state index in [-0.39, 0.29) is 30.1 Å². The maximum absolute atomic E-state index is 5.87. The average molecular weight is 570 g/mol. The Balaban J connectivity index is 0.00000385. The number of rotatable bonds is 12. The van der Waals surface area contributed by atoms with Gasteiger partial charge in [-0.15, -0.1) is 24.0 Å². The molecular weight excluding hydrogens is 535 g/mol. The van der Waals surface area contributed by atoms with Gasteiger partial charge in [-0.2, -0.15) is 0 Å². The van der Waals surface area contributed by atoms with E-state index in [1.807, 2.05) is 43.3 Å². The summed E-state index contributed by atoms with van der Waals surface area (Å²) in [4.78, 5) is 8.66. The van der Waals surface area contributed by atoms with Gasteiger partial charge in [-0.1, -0.05) is 18.2 Å². The molecule has 8 nitrogen and oxygen atoms in total. The van der Waals surface area contributed by atoms with E-state index in [0.29, 0.717) is 43.7 Å². The quantitative estimate of drug-likeness (QED) is 0.172. The summed E-state index contributed by atoms with van der Waals surface area (Å²) in [6.07, 6.45) is 5.23. The minimum Gasteiger partial charge on any atom is -0.490 e. The highest BCUT2D eigenvalue weighted by Gasteiger charge is 2.14. The number of aliphatic imine (C=N–C) groups is 1. The van der Waals surface area contributed by atoms with Crippen molar-refractivity contribution in [1.29, 1.82) is 0 Å². The first kappa shape index (κ1) is 27.1. The average Bonchev–Trinajstić information content (AvgIpc) is 3.34. The Bertz CT molecular complexity index is 829. The molecule has 1 aliphatic heterocycles. The minimum absolute atomic E-state index is 0. The van der Waals surface area contributed by atoms with Gasteiger partial charge in [0, 0.05) is 45.6 Å². The van der Waals surface area contributed by atoms with E-state index in [4.69, 9.17) is 18.9 Å². The van der Waals surface area contributed by atoms with Crippen LogP contribution >= 0.6 is 24.0 Å². The van der Waals surface area contributed by atoms with Crippen molar-refractivity contribution in [3.8, 4) is 17.4 Å². The van der Waals surface area contributed by atoms with E-state index >= 15 is 0 Å². The predicted molar refractivity (Wildman–Crippen MR) is 140 cm³/mol. The maximum Gasteiger partial charge on any atom is 0.219 e. The Morgan fingerprint density at radius 2 is 2.03 bits per heavy atom. The van der Waals surface area contributed by atoms with E-state index < -0.39 is 0 Å².